The number of hydrogen-bond acceptors (Lipinski definition) is 4. The first-order chi connectivity index (χ1) is 12.5. The minimum Gasteiger partial charge on any atom is -0.379 e. The van der Waals surface area contributed by atoms with Gasteiger partial charge in [0.1, 0.15) is 0 Å². The fourth-order valence-electron chi connectivity index (χ4n) is 2.99. The van der Waals surface area contributed by atoms with Crippen molar-refractivity contribution in [3.8, 4) is 0 Å². The quantitative estimate of drug-likeness (QED) is 0.251. The largest absolute Gasteiger partial charge is 0.379 e. The van der Waals surface area contributed by atoms with Crippen molar-refractivity contribution in [1.29, 1.82) is 0 Å². The molecule has 0 bridgehead atoms. The van der Waals surface area contributed by atoms with Crippen LogP contribution in [0, 0.1) is 0 Å². The van der Waals surface area contributed by atoms with Crippen LogP contribution in [0.15, 0.2) is 29.3 Å². The number of halogens is 1. The third-order valence-electron chi connectivity index (χ3n) is 4.22. The second kappa shape index (κ2) is 12.9. The highest BCUT2D eigenvalue weighted by Gasteiger charge is 2.28. The van der Waals surface area contributed by atoms with E-state index in [-0.39, 0.29) is 28.7 Å². The van der Waals surface area contributed by atoms with Crippen LogP contribution in [0.3, 0.4) is 0 Å². The van der Waals surface area contributed by atoms with Crippen molar-refractivity contribution in [1.82, 2.24) is 10.2 Å². The molecule has 1 aromatic carbocycles. The van der Waals surface area contributed by atoms with Gasteiger partial charge in [-0.25, -0.2) is 0 Å². The van der Waals surface area contributed by atoms with Crippen molar-refractivity contribution in [2.45, 2.75) is 38.7 Å². The molecule has 0 aromatic heterocycles. The monoisotopic (exact) mass is 507 g/mol. The maximum atomic E-state index is 5.66. The summed E-state index contributed by atoms with van der Waals surface area (Å²) in [5, 5.41) is 3.51. The molecule has 0 unspecified atom stereocenters. The molecule has 27 heavy (non-hydrogen) atoms. The zero-order chi connectivity index (χ0) is 18.8. The van der Waals surface area contributed by atoms with Crippen LogP contribution < -0.4 is 5.32 Å². The summed E-state index contributed by atoms with van der Waals surface area (Å²) in [6.07, 6.45) is 0. The molecule has 2 rings (SSSR count). The Kier molecular flexibility index (Phi) is 11.7. The average molecular weight is 507 g/mol. The molecule has 1 N–H and O–H groups in total. The highest BCUT2D eigenvalue weighted by molar-refractivity contribution is 14.0. The third kappa shape index (κ3) is 9.02. The molecule has 1 heterocycles. The second-order valence-corrected chi connectivity index (χ2v) is 8.80. The van der Waals surface area contributed by atoms with Gasteiger partial charge in [0.05, 0.1) is 19.8 Å². The van der Waals surface area contributed by atoms with Gasteiger partial charge in [0.15, 0.2) is 5.96 Å². The lowest BCUT2D eigenvalue weighted by atomic mass is 10.1. The van der Waals surface area contributed by atoms with E-state index in [0.717, 1.165) is 38.0 Å². The first kappa shape index (κ1) is 24.5. The van der Waals surface area contributed by atoms with E-state index < -0.39 is 0 Å². The summed E-state index contributed by atoms with van der Waals surface area (Å²) in [5.74, 6) is 2.12. The van der Waals surface area contributed by atoms with Crippen LogP contribution in [-0.4, -0.2) is 61.3 Å². The molecule has 7 heteroatoms. The molecule has 0 atom stereocenters. The second-order valence-electron chi connectivity index (χ2n) is 7.00. The Morgan fingerprint density at radius 2 is 2.00 bits per heavy atom. The van der Waals surface area contributed by atoms with Crippen LogP contribution in [0.1, 0.15) is 31.9 Å². The summed E-state index contributed by atoms with van der Waals surface area (Å²) >= 11 is 2.03. The predicted molar refractivity (Wildman–Crippen MR) is 126 cm³/mol. The number of nitrogens with one attached hydrogen (secondary N) is 1. The van der Waals surface area contributed by atoms with Crippen molar-refractivity contribution in [2.75, 3.05) is 45.7 Å². The summed E-state index contributed by atoms with van der Waals surface area (Å²) in [6.45, 7) is 12.1. The lowest BCUT2D eigenvalue weighted by molar-refractivity contribution is 0.0453. The van der Waals surface area contributed by atoms with E-state index in [1.165, 1.54) is 11.1 Å². The van der Waals surface area contributed by atoms with E-state index in [4.69, 9.17) is 9.47 Å². The maximum Gasteiger partial charge on any atom is 0.193 e. The topological polar surface area (TPSA) is 46.1 Å². The standard InChI is InChI=1S/C20H33N3O2S.HI/c1-5-24-10-11-25-15-18-8-6-7-17(13-18)14-22-19(21-4)23-9-12-26-20(2,3)16-23;/h6-8,13H,5,9-12,14-16H2,1-4H3,(H,21,22);1H. The van der Waals surface area contributed by atoms with Crippen LogP contribution in [0.25, 0.3) is 0 Å². The number of rotatable bonds is 8. The molecule has 1 aromatic rings. The highest BCUT2D eigenvalue weighted by atomic mass is 127. The number of nitrogens with zero attached hydrogens (tertiary/aromatic N) is 2. The van der Waals surface area contributed by atoms with Gasteiger partial charge in [-0.2, -0.15) is 11.8 Å². The van der Waals surface area contributed by atoms with Crippen LogP contribution in [0.4, 0.5) is 0 Å². The van der Waals surface area contributed by atoms with Gasteiger partial charge in [-0.1, -0.05) is 24.3 Å². The van der Waals surface area contributed by atoms with Gasteiger partial charge in [-0.3, -0.25) is 4.99 Å². The fraction of sp³-hybridized carbons (Fsp3) is 0.650. The average Bonchev–Trinajstić information content (AvgIpc) is 2.62. The molecule has 0 radical (unpaired) electrons. The van der Waals surface area contributed by atoms with Gasteiger partial charge in [0.25, 0.3) is 0 Å². The van der Waals surface area contributed by atoms with Crippen molar-refractivity contribution < 1.29 is 9.47 Å². The maximum absolute atomic E-state index is 5.66. The molecule has 1 aliphatic heterocycles. The Morgan fingerprint density at radius 3 is 2.70 bits per heavy atom. The number of hydrogen-bond donors (Lipinski definition) is 1. The molecule has 0 aliphatic carbocycles. The molecule has 0 spiro atoms. The van der Waals surface area contributed by atoms with Crippen LogP contribution in [0.5, 0.6) is 0 Å². The number of benzene rings is 1. The van der Waals surface area contributed by atoms with Crippen LogP contribution in [-0.2, 0) is 22.6 Å². The minimum absolute atomic E-state index is 0. The first-order valence-electron chi connectivity index (χ1n) is 9.37. The van der Waals surface area contributed by atoms with E-state index in [1.807, 2.05) is 25.7 Å². The Hall–Kier alpha value is -0.510. The first-order valence-corrected chi connectivity index (χ1v) is 10.4. The zero-order valence-corrected chi connectivity index (χ0v) is 20.1. The van der Waals surface area contributed by atoms with Crippen molar-refractivity contribution in [3.05, 3.63) is 35.4 Å². The van der Waals surface area contributed by atoms with E-state index >= 15 is 0 Å². The Balaban J connectivity index is 0.00000364. The lowest BCUT2D eigenvalue weighted by Gasteiger charge is -2.39. The van der Waals surface area contributed by atoms with Gasteiger partial charge < -0.3 is 19.7 Å². The minimum atomic E-state index is 0. The zero-order valence-electron chi connectivity index (χ0n) is 17.0. The number of ether oxygens (including phenoxy) is 2. The number of guanidine groups is 1. The van der Waals surface area contributed by atoms with Gasteiger partial charge in [-0.15, -0.1) is 24.0 Å². The van der Waals surface area contributed by atoms with Crippen molar-refractivity contribution in [2.24, 2.45) is 4.99 Å². The number of thioether (sulfide) groups is 1. The Bertz CT molecular complexity index is 584. The predicted octanol–water partition coefficient (Wildman–Crippen LogP) is 3.76. The smallest absolute Gasteiger partial charge is 0.193 e. The molecule has 154 valence electrons. The molecule has 1 fully saturated rings. The molecular formula is C20H34IN3O2S. The van der Waals surface area contributed by atoms with Crippen molar-refractivity contribution in [3.63, 3.8) is 0 Å². The molecule has 0 amide bonds. The normalized spacial score (nSPS) is 16.7. The third-order valence-corrected chi connectivity index (χ3v) is 5.52. The van der Waals surface area contributed by atoms with Gasteiger partial charge in [-0.05, 0) is 31.9 Å². The van der Waals surface area contributed by atoms with Gasteiger partial charge in [0, 0.05) is 43.8 Å². The molecule has 5 nitrogen and oxygen atoms in total. The Morgan fingerprint density at radius 1 is 1.26 bits per heavy atom. The van der Waals surface area contributed by atoms with Crippen LogP contribution in [0.2, 0.25) is 0 Å². The summed E-state index contributed by atoms with van der Waals surface area (Å²) in [5.41, 5.74) is 2.42. The van der Waals surface area contributed by atoms with E-state index in [0.29, 0.717) is 19.8 Å². The molecular weight excluding hydrogens is 473 g/mol. The Labute approximate surface area is 185 Å². The summed E-state index contributed by atoms with van der Waals surface area (Å²) in [4.78, 5) is 6.83. The highest BCUT2D eigenvalue weighted by Crippen LogP contribution is 2.29. The summed E-state index contributed by atoms with van der Waals surface area (Å²) in [7, 11) is 1.86. The SMILES string of the molecule is CCOCCOCc1cccc(CNC(=NC)N2CCSC(C)(C)C2)c1.I. The summed E-state index contributed by atoms with van der Waals surface area (Å²) in [6, 6.07) is 8.52. The molecule has 1 aliphatic rings. The number of aliphatic imine (C=N–C) groups is 1. The molecule has 0 saturated carbocycles. The van der Waals surface area contributed by atoms with E-state index in [2.05, 4.69) is 53.3 Å². The fourth-order valence-corrected chi connectivity index (χ4v) is 4.10. The van der Waals surface area contributed by atoms with Crippen LogP contribution >= 0.6 is 35.7 Å². The summed E-state index contributed by atoms with van der Waals surface area (Å²) < 4.78 is 11.2. The van der Waals surface area contributed by atoms with Crippen molar-refractivity contribution >= 4 is 41.7 Å². The van der Waals surface area contributed by atoms with Gasteiger partial charge in [0.2, 0.25) is 0 Å². The lowest BCUT2D eigenvalue weighted by Crippen LogP contribution is -2.50. The molecule has 1 saturated heterocycles. The van der Waals surface area contributed by atoms with E-state index in [9.17, 15) is 0 Å². The van der Waals surface area contributed by atoms with E-state index in [1.54, 1.807) is 0 Å². The van der Waals surface area contributed by atoms with Gasteiger partial charge >= 0.3 is 0 Å².